The van der Waals surface area contributed by atoms with Gasteiger partial charge in [-0.15, -0.1) is 0 Å². The first-order valence-electron chi connectivity index (χ1n) is 6.21. The fraction of sp³-hybridized carbons (Fsp3) is 0.286. The lowest BCUT2D eigenvalue weighted by Gasteiger charge is -2.08. The van der Waals surface area contributed by atoms with Crippen molar-refractivity contribution in [2.24, 2.45) is 0 Å². The molecule has 19 heavy (non-hydrogen) atoms. The maximum atomic E-state index is 4.53. The summed E-state index contributed by atoms with van der Waals surface area (Å²) >= 11 is 3.23. The third-order valence-corrected chi connectivity index (χ3v) is 3.86. The summed E-state index contributed by atoms with van der Waals surface area (Å²) in [6.07, 6.45) is 3.08. The van der Waals surface area contributed by atoms with Gasteiger partial charge in [0.15, 0.2) is 5.16 Å². The Morgan fingerprint density at radius 2 is 1.95 bits per heavy atom. The summed E-state index contributed by atoms with van der Waals surface area (Å²) in [6, 6.07) is 12.3. The van der Waals surface area contributed by atoms with Crippen molar-refractivity contribution in [3.63, 3.8) is 0 Å². The van der Waals surface area contributed by atoms with E-state index in [1.165, 1.54) is 4.90 Å². The average molecular weight is 291 g/mol. The van der Waals surface area contributed by atoms with Crippen LogP contribution in [-0.4, -0.2) is 22.8 Å². The molecule has 0 aliphatic heterocycles. The Balaban J connectivity index is 2.19. The Kier molecular flexibility index (Phi) is 5.54. The smallest absolute Gasteiger partial charge is 0.190 e. The zero-order chi connectivity index (χ0) is 13.5. The van der Waals surface area contributed by atoms with Crippen LogP contribution in [0.5, 0.6) is 0 Å². The first-order chi connectivity index (χ1) is 9.31. The zero-order valence-corrected chi connectivity index (χ0v) is 12.7. The lowest BCUT2D eigenvalue weighted by Crippen LogP contribution is -2.03. The summed E-state index contributed by atoms with van der Waals surface area (Å²) in [7, 11) is 0. The number of benzene rings is 1. The number of nitrogens with one attached hydrogen (secondary N) is 1. The summed E-state index contributed by atoms with van der Waals surface area (Å²) < 4.78 is 0. The van der Waals surface area contributed by atoms with Gasteiger partial charge in [0.1, 0.15) is 10.8 Å². The summed E-state index contributed by atoms with van der Waals surface area (Å²) in [5, 5.41) is 5.10. The van der Waals surface area contributed by atoms with Gasteiger partial charge in [-0.3, -0.25) is 0 Å². The molecule has 100 valence electrons. The maximum absolute atomic E-state index is 4.53. The first-order valence-corrected chi connectivity index (χ1v) is 8.25. The highest BCUT2D eigenvalue weighted by Gasteiger charge is 2.05. The minimum Gasteiger partial charge on any atom is -0.370 e. The molecular weight excluding hydrogens is 274 g/mol. The molecule has 1 heterocycles. The molecule has 5 heteroatoms. The van der Waals surface area contributed by atoms with E-state index in [2.05, 4.69) is 34.3 Å². The highest BCUT2D eigenvalue weighted by atomic mass is 32.2. The number of aromatic nitrogens is 2. The molecule has 0 aliphatic rings. The van der Waals surface area contributed by atoms with Gasteiger partial charge in [0.05, 0.1) is 0 Å². The lowest BCUT2D eigenvalue weighted by molar-refractivity contribution is 0.878. The van der Waals surface area contributed by atoms with Crippen LogP contribution in [0.3, 0.4) is 0 Å². The Bertz CT molecular complexity index is 517. The molecule has 0 aliphatic carbocycles. The first kappa shape index (κ1) is 14.2. The highest BCUT2D eigenvalue weighted by Crippen LogP contribution is 2.28. The molecule has 0 bridgehead atoms. The SMILES string of the molecule is CCCNc1cc(Sc2ccccc2)nc(SC)n1. The van der Waals surface area contributed by atoms with E-state index in [1.807, 2.05) is 30.5 Å². The number of hydrogen-bond donors (Lipinski definition) is 1. The topological polar surface area (TPSA) is 37.8 Å². The Morgan fingerprint density at radius 3 is 2.63 bits per heavy atom. The van der Waals surface area contributed by atoms with E-state index in [-0.39, 0.29) is 0 Å². The van der Waals surface area contributed by atoms with Crippen molar-refractivity contribution in [3.05, 3.63) is 36.4 Å². The normalized spacial score (nSPS) is 10.4. The summed E-state index contributed by atoms with van der Waals surface area (Å²) in [6.45, 7) is 3.07. The molecule has 1 N–H and O–H groups in total. The molecule has 0 radical (unpaired) electrons. The number of rotatable bonds is 6. The van der Waals surface area contributed by atoms with E-state index in [0.717, 1.165) is 29.0 Å². The summed E-state index contributed by atoms with van der Waals surface area (Å²) in [5.74, 6) is 0.902. The second kappa shape index (κ2) is 7.40. The van der Waals surface area contributed by atoms with Crippen molar-refractivity contribution < 1.29 is 0 Å². The van der Waals surface area contributed by atoms with Crippen LogP contribution in [0.1, 0.15) is 13.3 Å². The van der Waals surface area contributed by atoms with Gasteiger partial charge in [-0.2, -0.15) is 0 Å². The van der Waals surface area contributed by atoms with Crippen LogP contribution in [-0.2, 0) is 0 Å². The van der Waals surface area contributed by atoms with Crippen LogP contribution >= 0.6 is 23.5 Å². The van der Waals surface area contributed by atoms with Crippen LogP contribution in [0.15, 0.2) is 51.5 Å². The van der Waals surface area contributed by atoms with Gasteiger partial charge in [0.2, 0.25) is 0 Å². The largest absolute Gasteiger partial charge is 0.370 e. The molecule has 2 rings (SSSR count). The van der Waals surface area contributed by atoms with Crippen molar-refractivity contribution in [3.8, 4) is 0 Å². The molecule has 3 nitrogen and oxygen atoms in total. The van der Waals surface area contributed by atoms with Crippen LogP contribution < -0.4 is 5.32 Å². The molecule has 0 saturated heterocycles. The minimum absolute atomic E-state index is 0.805. The van der Waals surface area contributed by atoms with Gasteiger partial charge < -0.3 is 5.32 Å². The molecule has 0 unspecified atom stereocenters. The van der Waals surface area contributed by atoms with Crippen LogP contribution in [0.2, 0.25) is 0 Å². The second-order valence-electron chi connectivity index (χ2n) is 3.92. The molecule has 0 atom stereocenters. The maximum Gasteiger partial charge on any atom is 0.190 e. The Hall–Kier alpha value is -1.20. The minimum atomic E-state index is 0.805. The molecule has 0 amide bonds. The standard InChI is InChI=1S/C14H17N3S2/c1-3-9-15-12-10-13(17-14(16-12)18-2)19-11-7-5-4-6-8-11/h4-8,10H,3,9H2,1-2H3,(H,15,16,17). The third kappa shape index (κ3) is 4.44. The van der Waals surface area contributed by atoms with Gasteiger partial charge in [0.25, 0.3) is 0 Å². The van der Waals surface area contributed by atoms with Crippen molar-refractivity contribution in [2.75, 3.05) is 18.1 Å². The van der Waals surface area contributed by atoms with Crippen molar-refractivity contribution in [2.45, 2.75) is 28.4 Å². The second-order valence-corrected chi connectivity index (χ2v) is 5.79. The van der Waals surface area contributed by atoms with Crippen LogP contribution in [0, 0.1) is 0 Å². The van der Waals surface area contributed by atoms with Gasteiger partial charge in [-0.05, 0) is 24.8 Å². The summed E-state index contributed by atoms with van der Waals surface area (Å²) in [4.78, 5) is 10.2. The molecule has 1 aromatic heterocycles. The van der Waals surface area contributed by atoms with E-state index in [1.54, 1.807) is 23.5 Å². The Labute approximate surface area is 122 Å². The molecule has 0 saturated carbocycles. The van der Waals surface area contributed by atoms with Crippen molar-refractivity contribution >= 4 is 29.3 Å². The number of nitrogens with zero attached hydrogens (tertiary/aromatic N) is 2. The Morgan fingerprint density at radius 1 is 1.16 bits per heavy atom. The molecule has 1 aromatic carbocycles. The molecule has 0 spiro atoms. The van der Waals surface area contributed by atoms with E-state index in [4.69, 9.17) is 0 Å². The fourth-order valence-electron chi connectivity index (χ4n) is 1.50. The molecular formula is C14H17N3S2. The van der Waals surface area contributed by atoms with E-state index < -0.39 is 0 Å². The lowest BCUT2D eigenvalue weighted by atomic mass is 10.4. The molecule has 2 aromatic rings. The average Bonchev–Trinajstić information content (AvgIpc) is 2.46. The van der Waals surface area contributed by atoms with E-state index in [0.29, 0.717) is 0 Å². The van der Waals surface area contributed by atoms with Crippen molar-refractivity contribution in [1.82, 2.24) is 9.97 Å². The predicted octanol–water partition coefficient (Wildman–Crippen LogP) is 4.17. The van der Waals surface area contributed by atoms with E-state index >= 15 is 0 Å². The monoisotopic (exact) mass is 291 g/mol. The van der Waals surface area contributed by atoms with Crippen LogP contribution in [0.25, 0.3) is 0 Å². The van der Waals surface area contributed by atoms with Crippen molar-refractivity contribution in [1.29, 1.82) is 0 Å². The summed E-state index contributed by atoms with van der Waals surface area (Å²) in [5.41, 5.74) is 0. The zero-order valence-electron chi connectivity index (χ0n) is 11.1. The van der Waals surface area contributed by atoms with Gasteiger partial charge in [-0.25, -0.2) is 9.97 Å². The third-order valence-electron chi connectivity index (χ3n) is 2.39. The number of anilines is 1. The molecule has 0 fully saturated rings. The highest BCUT2D eigenvalue weighted by molar-refractivity contribution is 7.99. The number of hydrogen-bond acceptors (Lipinski definition) is 5. The van der Waals surface area contributed by atoms with E-state index in [9.17, 15) is 0 Å². The predicted molar refractivity (Wildman–Crippen MR) is 83.2 cm³/mol. The number of thioether (sulfide) groups is 1. The quantitative estimate of drug-likeness (QED) is 0.491. The fourth-order valence-corrected chi connectivity index (χ4v) is 2.77. The van der Waals surface area contributed by atoms with Gasteiger partial charge >= 0.3 is 0 Å². The van der Waals surface area contributed by atoms with Gasteiger partial charge in [-0.1, -0.05) is 48.6 Å². The van der Waals surface area contributed by atoms with Crippen LogP contribution in [0.4, 0.5) is 5.82 Å². The van der Waals surface area contributed by atoms with Gasteiger partial charge in [0, 0.05) is 17.5 Å².